The van der Waals surface area contributed by atoms with E-state index in [0.717, 1.165) is 76.9 Å². The highest BCUT2D eigenvalue weighted by atomic mass is 16.3. The lowest BCUT2D eigenvalue weighted by atomic mass is 9.94. The van der Waals surface area contributed by atoms with Crippen molar-refractivity contribution >= 4 is 54.3 Å². The summed E-state index contributed by atoms with van der Waals surface area (Å²) in [6.45, 7) is 0. The van der Waals surface area contributed by atoms with E-state index >= 15 is 0 Å². The first-order chi connectivity index (χ1) is 27.2. The summed E-state index contributed by atoms with van der Waals surface area (Å²) in [6, 6.07) is 65.8. The molecule has 256 valence electrons. The number of furan rings is 1. The van der Waals surface area contributed by atoms with Crippen LogP contribution in [0, 0.1) is 0 Å². The van der Waals surface area contributed by atoms with Crippen LogP contribution >= 0.6 is 0 Å². The first-order valence-corrected chi connectivity index (χ1v) is 18.5. The highest BCUT2D eigenvalue weighted by molar-refractivity contribution is 6.19. The van der Waals surface area contributed by atoms with Crippen LogP contribution in [0.3, 0.4) is 0 Å². The van der Waals surface area contributed by atoms with Crippen molar-refractivity contribution in [3.05, 3.63) is 188 Å². The molecule has 0 bridgehead atoms. The van der Waals surface area contributed by atoms with Crippen LogP contribution in [0.4, 0.5) is 0 Å². The maximum absolute atomic E-state index is 6.62. The third kappa shape index (κ3) is 5.43. The number of hydrogen-bond donors (Lipinski definition) is 0. The molecule has 0 spiro atoms. The number of rotatable bonds is 5. The zero-order valence-corrected chi connectivity index (χ0v) is 29.6. The molecule has 0 radical (unpaired) electrons. The highest BCUT2D eigenvalue weighted by Gasteiger charge is 2.17. The summed E-state index contributed by atoms with van der Waals surface area (Å²) in [5, 5.41) is 9.08. The van der Waals surface area contributed by atoms with Crippen molar-refractivity contribution in [2.45, 2.75) is 0 Å². The van der Waals surface area contributed by atoms with Crippen molar-refractivity contribution in [3.8, 4) is 56.4 Å². The van der Waals surface area contributed by atoms with E-state index in [1.165, 1.54) is 16.3 Å². The molecule has 0 unspecified atom stereocenters. The van der Waals surface area contributed by atoms with Gasteiger partial charge in [0.15, 0.2) is 17.5 Å². The minimum Gasteiger partial charge on any atom is -0.455 e. The molecule has 9 aromatic carbocycles. The van der Waals surface area contributed by atoms with Gasteiger partial charge in [0.25, 0.3) is 0 Å². The van der Waals surface area contributed by atoms with E-state index < -0.39 is 0 Å². The van der Waals surface area contributed by atoms with E-state index in [-0.39, 0.29) is 0 Å². The van der Waals surface area contributed by atoms with Gasteiger partial charge in [-0.15, -0.1) is 0 Å². The van der Waals surface area contributed by atoms with Gasteiger partial charge < -0.3 is 4.42 Å². The molecule has 4 heteroatoms. The third-order valence-electron chi connectivity index (χ3n) is 10.7. The summed E-state index contributed by atoms with van der Waals surface area (Å²) in [6.07, 6.45) is 0. The maximum Gasteiger partial charge on any atom is 0.164 e. The Bertz CT molecular complexity index is 3160. The monoisotopic (exact) mass is 701 g/mol. The summed E-state index contributed by atoms with van der Waals surface area (Å²) in [5.41, 5.74) is 9.16. The van der Waals surface area contributed by atoms with Crippen LogP contribution in [-0.4, -0.2) is 15.0 Å². The van der Waals surface area contributed by atoms with Crippen molar-refractivity contribution in [1.29, 1.82) is 0 Å². The molecule has 4 nitrogen and oxygen atoms in total. The van der Waals surface area contributed by atoms with Crippen LogP contribution in [0.2, 0.25) is 0 Å². The number of benzene rings is 9. The first kappa shape index (κ1) is 31.1. The molecular weight excluding hydrogens is 671 g/mol. The summed E-state index contributed by atoms with van der Waals surface area (Å²) in [7, 11) is 0. The molecule has 2 aromatic heterocycles. The molecule has 0 N–H and O–H groups in total. The minimum absolute atomic E-state index is 0.628. The van der Waals surface area contributed by atoms with Gasteiger partial charge in [-0.1, -0.05) is 158 Å². The van der Waals surface area contributed by atoms with Gasteiger partial charge in [0.05, 0.1) is 0 Å². The lowest BCUT2D eigenvalue weighted by Gasteiger charge is -2.11. The number of fused-ring (bicyclic) bond motifs is 7. The fraction of sp³-hybridized carbons (Fsp3) is 0. The molecule has 0 fully saturated rings. The first-order valence-electron chi connectivity index (χ1n) is 18.5. The quantitative estimate of drug-likeness (QED) is 0.179. The zero-order valence-electron chi connectivity index (χ0n) is 29.6. The van der Waals surface area contributed by atoms with Crippen molar-refractivity contribution in [2.75, 3.05) is 0 Å². The van der Waals surface area contributed by atoms with E-state index in [2.05, 4.69) is 182 Å². The van der Waals surface area contributed by atoms with Gasteiger partial charge in [-0.25, -0.2) is 15.0 Å². The van der Waals surface area contributed by atoms with Crippen LogP contribution in [0.5, 0.6) is 0 Å². The molecule has 2 heterocycles. The van der Waals surface area contributed by atoms with Crippen molar-refractivity contribution in [1.82, 2.24) is 15.0 Å². The molecule has 0 atom stereocenters. The van der Waals surface area contributed by atoms with Crippen LogP contribution in [-0.2, 0) is 0 Å². The second kappa shape index (κ2) is 12.6. The van der Waals surface area contributed by atoms with Crippen LogP contribution in [0.1, 0.15) is 0 Å². The average Bonchev–Trinajstić information content (AvgIpc) is 3.64. The Morgan fingerprint density at radius 3 is 1.45 bits per heavy atom. The minimum atomic E-state index is 0.628. The molecule has 0 amide bonds. The standard InChI is InChI=1S/C51H31N3O/c1-2-10-32(11-3-1)39-26-27-43-46-31-45(42-16-8-9-17-44(42)48(46)55-47(43)30-39)35-20-22-36(23-21-35)49-52-50(40-24-18-33-12-4-6-14-37(33)28-40)54-51(53-49)41-25-19-34-13-5-7-15-38(34)29-41/h1-31H. The molecule has 0 saturated carbocycles. The van der Waals surface area contributed by atoms with Gasteiger partial charge in [-0.05, 0) is 79.5 Å². The third-order valence-corrected chi connectivity index (χ3v) is 10.7. The topological polar surface area (TPSA) is 51.8 Å². The Morgan fingerprint density at radius 1 is 0.291 bits per heavy atom. The maximum atomic E-state index is 6.62. The molecule has 11 aromatic rings. The number of nitrogens with zero attached hydrogens (tertiary/aromatic N) is 3. The molecule has 55 heavy (non-hydrogen) atoms. The van der Waals surface area contributed by atoms with Gasteiger partial charge in [-0.2, -0.15) is 0 Å². The van der Waals surface area contributed by atoms with Gasteiger partial charge in [-0.3, -0.25) is 0 Å². The summed E-state index contributed by atoms with van der Waals surface area (Å²) >= 11 is 0. The predicted molar refractivity (Wildman–Crippen MR) is 227 cm³/mol. The molecule has 0 aliphatic carbocycles. The summed E-state index contributed by atoms with van der Waals surface area (Å²) < 4.78 is 6.62. The van der Waals surface area contributed by atoms with E-state index in [9.17, 15) is 0 Å². The van der Waals surface area contributed by atoms with Crippen LogP contribution in [0.15, 0.2) is 192 Å². The van der Waals surface area contributed by atoms with Gasteiger partial charge in [0, 0.05) is 32.8 Å². The Morgan fingerprint density at radius 2 is 0.800 bits per heavy atom. The van der Waals surface area contributed by atoms with Crippen molar-refractivity contribution < 1.29 is 4.42 Å². The fourth-order valence-electron chi connectivity index (χ4n) is 7.87. The molecular formula is C51H31N3O. The van der Waals surface area contributed by atoms with Gasteiger partial charge in [0.2, 0.25) is 0 Å². The Hall–Kier alpha value is -7.43. The SMILES string of the molecule is c1ccc(-c2ccc3c(c2)oc2c4ccccc4c(-c4ccc(-c5nc(-c6ccc7ccccc7c6)nc(-c6ccc7ccccc7c6)n5)cc4)cc32)cc1. The predicted octanol–water partition coefficient (Wildman–Crippen LogP) is 13.6. The van der Waals surface area contributed by atoms with Crippen molar-refractivity contribution in [2.24, 2.45) is 0 Å². The largest absolute Gasteiger partial charge is 0.455 e. The highest BCUT2D eigenvalue weighted by Crippen LogP contribution is 2.41. The fourth-order valence-corrected chi connectivity index (χ4v) is 7.87. The van der Waals surface area contributed by atoms with E-state index in [1.54, 1.807) is 0 Å². The lowest BCUT2D eigenvalue weighted by molar-refractivity contribution is 0.673. The van der Waals surface area contributed by atoms with Crippen molar-refractivity contribution in [3.63, 3.8) is 0 Å². The second-order valence-corrected chi connectivity index (χ2v) is 14.0. The summed E-state index contributed by atoms with van der Waals surface area (Å²) in [4.78, 5) is 15.2. The Kier molecular flexibility index (Phi) is 7.14. The van der Waals surface area contributed by atoms with Crippen LogP contribution in [0.25, 0.3) is 111 Å². The summed E-state index contributed by atoms with van der Waals surface area (Å²) in [5.74, 6) is 1.91. The lowest BCUT2D eigenvalue weighted by Crippen LogP contribution is -2.00. The Balaban J connectivity index is 1.04. The Labute approximate surface area is 317 Å². The number of hydrogen-bond acceptors (Lipinski definition) is 4. The van der Waals surface area contributed by atoms with Gasteiger partial charge >= 0.3 is 0 Å². The zero-order chi connectivity index (χ0) is 36.3. The molecule has 11 rings (SSSR count). The van der Waals surface area contributed by atoms with Crippen LogP contribution < -0.4 is 0 Å². The molecule has 0 aliphatic rings. The average molecular weight is 702 g/mol. The van der Waals surface area contributed by atoms with Gasteiger partial charge in [0.1, 0.15) is 11.2 Å². The smallest absolute Gasteiger partial charge is 0.164 e. The molecule has 0 saturated heterocycles. The molecule has 0 aliphatic heterocycles. The van der Waals surface area contributed by atoms with E-state index in [4.69, 9.17) is 19.4 Å². The van der Waals surface area contributed by atoms with E-state index in [1.807, 2.05) is 6.07 Å². The van der Waals surface area contributed by atoms with E-state index in [0.29, 0.717) is 17.5 Å². The number of aromatic nitrogens is 3. The normalized spacial score (nSPS) is 11.6. The second-order valence-electron chi connectivity index (χ2n) is 14.0.